The fourth-order valence-electron chi connectivity index (χ4n) is 1.86. The minimum absolute atomic E-state index is 0.612. The highest BCUT2D eigenvalue weighted by molar-refractivity contribution is 7.15. The number of nitrogens with two attached hydrogens (primary N) is 1. The first-order valence-electron chi connectivity index (χ1n) is 4.65. The first-order valence-corrected chi connectivity index (χ1v) is 5.47. The molecule has 0 saturated carbocycles. The van der Waals surface area contributed by atoms with Crippen LogP contribution in [0.1, 0.15) is 23.8 Å². The Kier molecular flexibility index (Phi) is 2.51. The minimum atomic E-state index is 0.612. The Morgan fingerprint density at radius 3 is 3.15 bits per heavy atom. The molecule has 1 unspecified atom stereocenters. The molecule has 72 valence electrons. The highest BCUT2D eigenvalue weighted by atomic mass is 32.1. The summed E-state index contributed by atoms with van der Waals surface area (Å²) in [7, 11) is 2.17. The van der Waals surface area contributed by atoms with Crippen molar-refractivity contribution in [3.8, 4) is 0 Å². The highest BCUT2D eigenvalue weighted by Gasteiger charge is 2.21. The van der Waals surface area contributed by atoms with Crippen LogP contribution in [0.25, 0.3) is 0 Å². The van der Waals surface area contributed by atoms with E-state index in [2.05, 4.69) is 16.9 Å². The number of hydrogen-bond donors (Lipinski definition) is 1. The molecule has 1 saturated heterocycles. The molecule has 0 spiro atoms. The van der Waals surface area contributed by atoms with Gasteiger partial charge in [-0.05, 0) is 26.4 Å². The number of thiazole rings is 1. The van der Waals surface area contributed by atoms with Crippen molar-refractivity contribution in [2.75, 3.05) is 25.9 Å². The van der Waals surface area contributed by atoms with Crippen LogP contribution in [-0.2, 0) is 0 Å². The lowest BCUT2D eigenvalue weighted by atomic mass is 9.99. The summed E-state index contributed by atoms with van der Waals surface area (Å²) >= 11 is 1.64. The number of piperidine rings is 1. The number of aromatic nitrogens is 1. The van der Waals surface area contributed by atoms with Crippen molar-refractivity contribution in [1.29, 1.82) is 0 Å². The van der Waals surface area contributed by atoms with Gasteiger partial charge in [-0.2, -0.15) is 0 Å². The summed E-state index contributed by atoms with van der Waals surface area (Å²) in [5.74, 6) is 0.612. The molecule has 3 nitrogen and oxygen atoms in total. The van der Waals surface area contributed by atoms with Gasteiger partial charge in [0.15, 0.2) is 0 Å². The van der Waals surface area contributed by atoms with Gasteiger partial charge in [0, 0.05) is 12.5 Å². The van der Waals surface area contributed by atoms with Crippen LogP contribution in [0.4, 0.5) is 5.00 Å². The third-order valence-electron chi connectivity index (χ3n) is 2.52. The van der Waals surface area contributed by atoms with Gasteiger partial charge < -0.3 is 10.6 Å². The van der Waals surface area contributed by atoms with Gasteiger partial charge in [0.1, 0.15) is 5.00 Å². The second-order valence-corrected chi connectivity index (χ2v) is 4.80. The standard InChI is InChI=1S/C9H15N3S/c1-12-4-2-3-7(6-12)9-11-5-8(10)13-9/h5,7H,2-4,6,10H2,1H3. The Labute approximate surface area is 82.6 Å². The largest absolute Gasteiger partial charge is 0.389 e. The van der Waals surface area contributed by atoms with E-state index in [0.717, 1.165) is 11.5 Å². The molecule has 4 heteroatoms. The molecule has 1 aliphatic rings. The van der Waals surface area contributed by atoms with Crippen LogP contribution >= 0.6 is 11.3 Å². The molecular formula is C9H15N3S. The van der Waals surface area contributed by atoms with Gasteiger partial charge in [0.25, 0.3) is 0 Å². The van der Waals surface area contributed by atoms with Crippen molar-refractivity contribution in [1.82, 2.24) is 9.88 Å². The predicted octanol–water partition coefficient (Wildman–Crippen LogP) is 1.53. The van der Waals surface area contributed by atoms with Crippen molar-refractivity contribution in [2.45, 2.75) is 18.8 Å². The number of rotatable bonds is 1. The Morgan fingerprint density at radius 2 is 2.54 bits per heavy atom. The highest BCUT2D eigenvalue weighted by Crippen LogP contribution is 2.29. The molecule has 0 radical (unpaired) electrons. The van der Waals surface area contributed by atoms with E-state index in [1.54, 1.807) is 17.5 Å². The van der Waals surface area contributed by atoms with E-state index in [4.69, 9.17) is 5.73 Å². The molecule has 1 aromatic heterocycles. The number of likely N-dealkylation sites (tertiary alicyclic amines) is 1. The Balaban J connectivity index is 2.08. The summed E-state index contributed by atoms with van der Waals surface area (Å²) in [5.41, 5.74) is 5.66. The van der Waals surface area contributed by atoms with Gasteiger partial charge in [-0.25, -0.2) is 4.98 Å². The van der Waals surface area contributed by atoms with Crippen LogP contribution in [0.5, 0.6) is 0 Å². The summed E-state index contributed by atoms with van der Waals surface area (Å²) in [6.45, 7) is 2.35. The number of nitrogens with zero attached hydrogens (tertiary/aromatic N) is 2. The third-order valence-corrected chi connectivity index (χ3v) is 3.50. The zero-order chi connectivity index (χ0) is 9.26. The average molecular weight is 197 g/mol. The van der Waals surface area contributed by atoms with Gasteiger partial charge in [-0.15, -0.1) is 11.3 Å². The molecule has 2 heterocycles. The van der Waals surface area contributed by atoms with Crippen molar-refractivity contribution in [3.05, 3.63) is 11.2 Å². The first-order chi connectivity index (χ1) is 6.25. The maximum atomic E-state index is 5.66. The molecule has 0 bridgehead atoms. The number of anilines is 1. The molecule has 1 aromatic rings. The number of hydrogen-bond acceptors (Lipinski definition) is 4. The summed E-state index contributed by atoms with van der Waals surface area (Å²) < 4.78 is 0. The molecule has 0 aromatic carbocycles. The Morgan fingerprint density at radius 1 is 1.69 bits per heavy atom. The van der Waals surface area contributed by atoms with Crippen LogP contribution in [0.15, 0.2) is 6.20 Å². The van der Waals surface area contributed by atoms with Crippen LogP contribution in [0.3, 0.4) is 0 Å². The quantitative estimate of drug-likeness (QED) is 0.742. The van der Waals surface area contributed by atoms with Crippen LogP contribution in [-0.4, -0.2) is 30.0 Å². The van der Waals surface area contributed by atoms with Gasteiger partial charge in [0.05, 0.1) is 11.2 Å². The van der Waals surface area contributed by atoms with E-state index >= 15 is 0 Å². The maximum absolute atomic E-state index is 5.66. The number of nitrogen functional groups attached to an aromatic ring is 1. The molecule has 1 atom stereocenters. The summed E-state index contributed by atoms with van der Waals surface area (Å²) in [6.07, 6.45) is 4.31. The Bertz CT molecular complexity index is 284. The van der Waals surface area contributed by atoms with E-state index in [0.29, 0.717) is 5.92 Å². The van der Waals surface area contributed by atoms with Gasteiger partial charge in [0.2, 0.25) is 0 Å². The topological polar surface area (TPSA) is 42.2 Å². The normalized spacial score (nSPS) is 24.8. The van der Waals surface area contributed by atoms with Crippen molar-refractivity contribution < 1.29 is 0 Å². The molecule has 1 aliphatic heterocycles. The van der Waals surface area contributed by atoms with Crippen molar-refractivity contribution in [3.63, 3.8) is 0 Å². The van der Waals surface area contributed by atoms with Crippen LogP contribution in [0, 0.1) is 0 Å². The van der Waals surface area contributed by atoms with Crippen LogP contribution < -0.4 is 5.73 Å². The summed E-state index contributed by atoms with van der Waals surface area (Å²) in [6, 6.07) is 0. The van der Waals surface area contributed by atoms with E-state index in [1.165, 1.54) is 24.4 Å². The second-order valence-electron chi connectivity index (χ2n) is 3.70. The molecule has 2 rings (SSSR count). The molecule has 0 amide bonds. The molecule has 13 heavy (non-hydrogen) atoms. The Hall–Kier alpha value is -0.610. The lowest BCUT2D eigenvalue weighted by Gasteiger charge is -2.28. The van der Waals surface area contributed by atoms with Crippen molar-refractivity contribution in [2.24, 2.45) is 0 Å². The lowest BCUT2D eigenvalue weighted by Crippen LogP contribution is -2.30. The second kappa shape index (κ2) is 3.64. The third kappa shape index (κ3) is 2.00. The monoisotopic (exact) mass is 197 g/mol. The van der Waals surface area contributed by atoms with E-state index in [9.17, 15) is 0 Å². The minimum Gasteiger partial charge on any atom is -0.389 e. The maximum Gasteiger partial charge on any atom is 0.106 e. The van der Waals surface area contributed by atoms with Gasteiger partial charge in [-0.1, -0.05) is 0 Å². The fraction of sp³-hybridized carbons (Fsp3) is 0.667. The van der Waals surface area contributed by atoms with E-state index in [1.807, 2.05) is 0 Å². The molecule has 2 N–H and O–H groups in total. The molecular weight excluding hydrogens is 182 g/mol. The van der Waals surface area contributed by atoms with Crippen LogP contribution in [0.2, 0.25) is 0 Å². The van der Waals surface area contributed by atoms with Gasteiger partial charge >= 0.3 is 0 Å². The zero-order valence-electron chi connectivity index (χ0n) is 7.86. The smallest absolute Gasteiger partial charge is 0.106 e. The molecule has 0 aliphatic carbocycles. The van der Waals surface area contributed by atoms with E-state index in [-0.39, 0.29) is 0 Å². The summed E-state index contributed by atoms with van der Waals surface area (Å²) in [5, 5.41) is 2.05. The lowest BCUT2D eigenvalue weighted by molar-refractivity contribution is 0.250. The van der Waals surface area contributed by atoms with Crippen molar-refractivity contribution >= 4 is 16.3 Å². The summed E-state index contributed by atoms with van der Waals surface area (Å²) in [4.78, 5) is 6.71. The van der Waals surface area contributed by atoms with E-state index < -0.39 is 0 Å². The average Bonchev–Trinajstić information content (AvgIpc) is 2.52. The van der Waals surface area contributed by atoms with Gasteiger partial charge in [-0.3, -0.25) is 0 Å². The number of likely N-dealkylation sites (N-methyl/N-ethyl adjacent to an activating group) is 1. The molecule has 1 fully saturated rings. The fourth-order valence-corrected chi connectivity index (χ4v) is 2.67. The SMILES string of the molecule is CN1CCCC(c2ncc(N)s2)C1. The predicted molar refractivity (Wildman–Crippen MR) is 56.0 cm³/mol. The zero-order valence-corrected chi connectivity index (χ0v) is 8.68. The first kappa shape index (κ1) is 8.97.